The van der Waals surface area contributed by atoms with Gasteiger partial charge in [-0.05, 0) is 62.9 Å². The molecule has 1 aromatic carbocycles. The molecule has 3 rings (SSSR count). The molecule has 164 valence electrons. The van der Waals surface area contributed by atoms with Crippen molar-refractivity contribution in [1.82, 2.24) is 20.2 Å². The van der Waals surface area contributed by atoms with Gasteiger partial charge in [0.05, 0.1) is 24.6 Å². The van der Waals surface area contributed by atoms with Gasteiger partial charge in [0.15, 0.2) is 0 Å². The Labute approximate surface area is 178 Å². The Hall–Kier alpha value is -2.41. The van der Waals surface area contributed by atoms with E-state index in [0.29, 0.717) is 5.56 Å². The van der Waals surface area contributed by atoms with E-state index in [1.54, 1.807) is 0 Å². The zero-order valence-electron chi connectivity index (χ0n) is 18.2. The van der Waals surface area contributed by atoms with Crippen molar-refractivity contribution < 1.29 is 14.3 Å². The fourth-order valence-corrected chi connectivity index (χ4v) is 4.06. The molecule has 7 nitrogen and oxygen atoms in total. The van der Waals surface area contributed by atoms with Crippen LogP contribution in [0.5, 0.6) is 0 Å². The second kappa shape index (κ2) is 11.1. The summed E-state index contributed by atoms with van der Waals surface area (Å²) >= 11 is 0. The second-order valence-electron chi connectivity index (χ2n) is 8.05. The summed E-state index contributed by atoms with van der Waals surface area (Å²) in [6.07, 6.45) is 7.03. The number of amides is 1. The number of esters is 1. The summed E-state index contributed by atoms with van der Waals surface area (Å²) in [6, 6.07) is 5.71. The summed E-state index contributed by atoms with van der Waals surface area (Å²) < 4.78 is 6.94. The van der Waals surface area contributed by atoms with Crippen LogP contribution in [0.4, 0.5) is 0 Å². The number of unbranched alkanes of at least 4 members (excludes halogenated alkanes) is 1. The number of hydrogen-bond donors (Lipinski definition) is 2. The van der Waals surface area contributed by atoms with Gasteiger partial charge in [0.25, 0.3) is 5.91 Å². The van der Waals surface area contributed by atoms with Gasteiger partial charge in [-0.1, -0.05) is 13.3 Å². The summed E-state index contributed by atoms with van der Waals surface area (Å²) in [5, 5.41) is 6.20. The summed E-state index contributed by atoms with van der Waals surface area (Å²) in [6.45, 7) is 5.65. The van der Waals surface area contributed by atoms with Gasteiger partial charge >= 0.3 is 5.97 Å². The van der Waals surface area contributed by atoms with Crippen LogP contribution >= 0.6 is 0 Å². The van der Waals surface area contributed by atoms with Crippen molar-refractivity contribution >= 4 is 22.9 Å². The van der Waals surface area contributed by atoms with E-state index >= 15 is 0 Å². The van der Waals surface area contributed by atoms with E-state index in [1.807, 2.05) is 18.2 Å². The van der Waals surface area contributed by atoms with Gasteiger partial charge in [-0.2, -0.15) is 0 Å². The molecule has 2 N–H and O–H groups in total. The number of nitrogens with zero attached hydrogens (tertiary/aromatic N) is 2. The average Bonchev–Trinajstić information content (AvgIpc) is 3.13. The minimum atomic E-state index is -0.334. The summed E-state index contributed by atoms with van der Waals surface area (Å²) in [5.41, 5.74) is 2.53. The molecule has 7 heteroatoms. The van der Waals surface area contributed by atoms with Crippen molar-refractivity contribution in [3.63, 3.8) is 0 Å². The minimum Gasteiger partial charge on any atom is -0.469 e. The maximum atomic E-state index is 12.5. The van der Waals surface area contributed by atoms with Gasteiger partial charge in [0.2, 0.25) is 0 Å². The van der Waals surface area contributed by atoms with Crippen LogP contribution in [0.2, 0.25) is 0 Å². The lowest BCUT2D eigenvalue weighted by Gasteiger charge is -2.22. The SMILES string of the molecule is CCCCn1c(CCC2CCNCC2)nc2cc(C(=O)NCCC(=O)OC)ccc21. The number of carbonyl (C=O) groups is 2. The number of benzene rings is 1. The largest absolute Gasteiger partial charge is 0.469 e. The Morgan fingerprint density at radius 3 is 2.83 bits per heavy atom. The van der Waals surface area contributed by atoms with Crippen LogP contribution in [0, 0.1) is 5.92 Å². The normalized spacial score (nSPS) is 14.7. The highest BCUT2D eigenvalue weighted by atomic mass is 16.5. The molecule has 2 heterocycles. The third-order valence-corrected chi connectivity index (χ3v) is 5.90. The zero-order valence-corrected chi connectivity index (χ0v) is 18.2. The van der Waals surface area contributed by atoms with E-state index in [-0.39, 0.29) is 24.8 Å². The maximum Gasteiger partial charge on any atom is 0.307 e. The zero-order chi connectivity index (χ0) is 21.3. The number of imidazole rings is 1. The molecule has 1 aromatic heterocycles. The summed E-state index contributed by atoms with van der Waals surface area (Å²) in [4.78, 5) is 28.6. The highest BCUT2D eigenvalue weighted by molar-refractivity contribution is 5.97. The second-order valence-corrected chi connectivity index (χ2v) is 8.05. The number of fused-ring (bicyclic) bond motifs is 1. The number of piperidine rings is 1. The molecular formula is C23H34N4O3. The topological polar surface area (TPSA) is 85.3 Å². The monoisotopic (exact) mass is 414 g/mol. The molecule has 1 fully saturated rings. The molecule has 0 aliphatic carbocycles. The molecular weight excluding hydrogens is 380 g/mol. The Bertz CT molecular complexity index is 855. The van der Waals surface area contributed by atoms with Crippen LogP contribution in [0.25, 0.3) is 11.0 Å². The molecule has 1 aliphatic rings. The molecule has 1 aliphatic heterocycles. The van der Waals surface area contributed by atoms with Gasteiger partial charge in [0.1, 0.15) is 5.82 Å². The van der Waals surface area contributed by atoms with E-state index in [2.05, 4.69) is 26.9 Å². The van der Waals surface area contributed by atoms with Crippen molar-refractivity contribution in [2.24, 2.45) is 5.92 Å². The molecule has 0 saturated carbocycles. The molecule has 0 unspecified atom stereocenters. The number of hydrogen-bond acceptors (Lipinski definition) is 5. The third-order valence-electron chi connectivity index (χ3n) is 5.90. The first-order valence-corrected chi connectivity index (χ1v) is 11.2. The van der Waals surface area contributed by atoms with E-state index < -0.39 is 0 Å². The van der Waals surface area contributed by atoms with Crippen LogP contribution in [0.3, 0.4) is 0 Å². The van der Waals surface area contributed by atoms with Crippen LogP contribution in [0.1, 0.15) is 61.6 Å². The molecule has 2 aromatic rings. The van der Waals surface area contributed by atoms with Crippen molar-refractivity contribution in [2.75, 3.05) is 26.7 Å². The third kappa shape index (κ3) is 5.81. The fraction of sp³-hybridized carbons (Fsp3) is 0.609. The number of aromatic nitrogens is 2. The van der Waals surface area contributed by atoms with Gasteiger partial charge in [-0.3, -0.25) is 9.59 Å². The Morgan fingerprint density at radius 1 is 1.30 bits per heavy atom. The van der Waals surface area contributed by atoms with E-state index in [1.165, 1.54) is 20.0 Å². The standard InChI is InChI=1S/C23H34N4O3/c1-3-4-15-27-20-7-6-18(23(29)25-14-11-22(28)30-2)16-19(20)26-21(27)8-5-17-9-12-24-13-10-17/h6-7,16-17,24H,3-5,8-15H2,1-2H3,(H,25,29). The highest BCUT2D eigenvalue weighted by Gasteiger charge is 2.17. The van der Waals surface area contributed by atoms with Crippen LogP contribution in [-0.4, -0.2) is 48.2 Å². The van der Waals surface area contributed by atoms with E-state index in [0.717, 1.165) is 68.1 Å². The van der Waals surface area contributed by atoms with Crippen LogP contribution in [-0.2, 0) is 22.5 Å². The number of methoxy groups -OCH3 is 1. The van der Waals surface area contributed by atoms with Gasteiger partial charge in [-0.15, -0.1) is 0 Å². The molecule has 0 bridgehead atoms. The van der Waals surface area contributed by atoms with Crippen molar-refractivity contribution in [3.8, 4) is 0 Å². The lowest BCUT2D eigenvalue weighted by Crippen LogP contribution is -2.28. The number of rotatable bonds is 10. The van der Waals surface area contributed by atoms with Gasteiger partial charge < -0.3 is 19.9 Å². The van der Waals surface area contributed by atoms with Crippen LogP contribution in [0.15, 0.2) is 18.2 Å². The predicted molar refractivity (Wildman–Crippen MR) is 118 cm³/mol. The van der Waals surface area contributed by atoms with Crippen molar-refractivity contribution in [3.05, 3.63) is 29.6 Å². The molecule has 0 spiro atoms. The molecule has 0 radical (unpaired) electrons. The average molecular weight is 415 g/mol. The van der Waals surface area contributed by atoms with Crippen molar-refractivity contribution in [2.45, 2.75) is 58.4 Å². The quantitative estimate of drug-likeness (QED) is 0.584. The first-order chi connectivity index (χ1) is 14.6. The minimum absolute atomic E-state index is 0.164. The Morgan fingerprint density at radius 2 is 2.10 bits per heavy atom. The molecule has 1 saturated heterocycles. The maximum absolute atomic E-state index is 12.5. The van der Waals surface area contributed by atoms with Gasteiger partial charge in [0, 0.05) is 25.1 Å². The molecule has 0 atom stereocenters. The van der Waals surface area contributed by atoms with Crippen molar-refractivity contribution in [1.29, 1.82) is 0 Å². The van der Waals surface area contributed by atoms with Crippen LogP contribution < -0.4 is 10.6 Å². The van der Waals surface area contributed by atoms with E-state index in [9.17, 15) is 9.59 Å². The summed E-state index contributed by atoms with van der Waals surface area (Å²) in [5.74, 6) is 1.36. The lowest BCUT2D eigenvalue weighted by atomic mass is 9.93. The fourth-order valence-electron chi connectivity index (χ4n) is 4.06. The van der Waals surface area contributed by atoms with E-state index in [4.69, 9.17) is 4.98 Å². The summed E-state index contributed by atoms with van der Waals surface area (Å²) in [7, 11) is 1.34. The predicted octanol–water partition coefficient (Wildman–Crippen LogP) is 3.06. The first-order valence-electron chi connectivity index (χ1n) is 11.2. The smallest absolute Gasteiger partial charge is 0.307 e. The molecule has 1 amide bonds. The lowest BCUT2D eigenvalue weighted by molar-refractivity contribution is -0.140. The highest BCUT2D eigenvalue weighted by Crippen LogP contribution is 2.23. The Kier molecular flexibility index (Phi) is 8.25. The first kappa shape index (κ1) is 22.3. The number of ether oxygens (including phenoxy) is 1. The Balaban J connectivity index is 1.73. The number of carbonyl (C=O) groups excluding carboxylic acids is 2. The number of nitrogens with one attached hydrogen (secondary N) is 2. The molecule has 30 heavy (non-hydrogen) atoms. The van der Waals surface area contributed by atoms with Gasteiger partial charge in [-0.25, -0.2) is 4.98 Å². The number of aryl methyl sites for hydroxylation is 2.